The minimum atomic E-state index is 0.353. The number of nitrogens with zero attached hydrogens (tertiary/aromatic N) is 1. The predicted octanol–water partition coefficient (Wildman–Crippen LogP) is 7.29. The van der Waals surface area contributed by atoms with Crippen molar-refractivity contribution >= 4 is 46.5 Å². The summed E-state index contributed by atoms with van der Waals surface area (Å²) in [6.45, 7) is 0.353. The highest BCUT2D eigenvalue weighted by atomic mass is 35.5. The molecule has 3 aromatic rings. The van der Waals surface area contributed by atoms with Gasteiger partial charge in [0, 0.05) is 20.6 Å². The van der Waals surface area contributed by atoms with Crippen LogP contribution in [0.1, 0.15) is 16.7 Å². The van der Waals surface area contributed by atoms with Gasteiger partial charge in [-0.2, -0.15) is 5.26 Å². The predicted molar refractivity (Wildman–Crippen MR) is 112 cm³/mol. The summed E-state index contributed by atoms with van der Waals surface area (Å²) in [4.78, 5) is 0. The van der Waals surface area contributed by atoms with Gasteiger partial charge in [-0.1, -0.05) is 59.1 Å². The van der Waals surface area contributed by atoms with Crippen molar-refractivity contribution in [2.75, 3.05) is 0 Å². The molecule has 0 amide bonds. The van der Waals surface area contributed by atoms with E-state index < -0.39 is 0 Å². The monoisotopic (exact) mass is 413 g/mol. The maximum Gasteiger partial charge on any atom is 0.127 e. The molecule has 0 saturated heterocycles. The summed E-state index contributed by atoms with van der Waals surface area (Å²) in [7, 11) is 0. The van der Waals surface area contributed by atoms with Crippen LogP contribution in [-0.2, 0) is 6.61 Å². The van der Waals surface area contributed by atoms with Gasteiger partial charge in [0.1, 0.15) is 12.4 Å². The Morgan fingerprint density at radius 3 is 2.30 bits per heavy atom. The van der Waals surface area contributed by atoms with Gasteiger partial charge in [0.15, 0.2) is 0 Å². The van der Waals surface area contributed by atoms with Crippen LogP contribution < -0.4 is 4.74 Å². The maximum absolute atomic E-state index is 9.57. The second-order valence-corrected chi connectivity index (χ2v) is 7.09. The number of rotatable bonds is 5. The molecule has 27 heavy (non-hydrogen) atoms. The van der Waals surface area contributed by atoms with Gasteiger partial charge in [0.2, 0.25) is 0 Å². The molecule has 0 spiro atoms. The van der Waals surface area contributed by atoms with Gasteiger partial charge >= 0.3 is 0 Å². The van der Waals surface area contributed by atoms with Crippen LogP contribution in [0.4, 0.5) is 0 Å². The van der Waals surface area contributed by atoms with Crippen molar-refractivity contribution in [3.05, 3.63) is 98.5 Å². The van der Waals surface area contributed by atoms with Gasteiger partial charge in [-0.25, -0.2) is 0 Å². The lowest BCUT2D eigenvalue weighted by atomic mass is 10.0. The van der Waals surface area contributed by atoms with Crippen molar-refractivity contribution in [2.24, 2.45) is 0 Å². The Balaban J connectivity index is 1.91. The first-order valence-corrected chi connectivity index (χ1v) is 9.23. The molecule has 134 valence electrons. The lowest BCUT2D eigenvalue weighted by Crippen LogP contribution is -1.97. The smallest absolute Gasteiger partial charge is 0.127 e. The average molecular weight is 415 g/mol. The third kappa shape index (κ3) is 5.28. The molecule has 0 fully saturated rings. The largest absolute Gasteiger partial charge is 0.488 e. The second kappa shape index (κ2) is 8.97. The van der Waals surface area contributed by atoms with E-state index in [1.807, 2.05) is 24.3 Å². The minimum absolute atomic E-state index is 0.353. The molecule has 0 aromatic heterocycles. The van der Waals surface area contributed by atoms with E-state index in [2.05, 4.69) is 6.07 Å². The quantitative estimate of drug-likeness (QED) is 0.324. The summed E-state index contributed by atoms with van der Waals surface area (Å²) in [5.74, 6) is 0.626. The molecule has 0 saturated carbocycles. The zero-order valence-electron chi connectivity index (χ0n) is 14.1. The number of hydrogen-bond donors (Lipinski definition) is 0. The molecule has 0 heterocycles. The summed E-state index contributed by atoms with van der Waals surface area (Å²) in [6, 6.07) is 22.1. The number of hydrogen-bond acceptors (Lipinski definition) is 2. The fourth-order valence-corrected chi connectivity index (χ4v) is 3.04. The molecule has 0 bridgehead atoms. The van der Waals surface area contributed by atoms with E-state index in [4.69, 9.17) is 39.5 Å². The molecular weight excluding hydrogens is 401 g/mol. The third-order valence-electron chi connectivity index (χ3n) is 3.83. The van der Waals surface area contributed by atoms with Crippen LogP contribution in [0.25, 0.3) is 11.6 Å². The Morgan fingerprint density at radius 1 is 0.889 bits per heavy atom. The Bertz CT molecular complexity index is 1020. The van der Waals surface area contributed by atoms with Crippen molar-refractivity contribution < 1.29 is 4.74 Å². The number of ether oxygens (including phenoxy) is 1. The summed E-state index contributed by atoms with van der Waals surface area (Å²) < 4.78 is 5.94. The Labute approximate surface area is 173 Å². The van der Waals surface area contributed by atoms with Crippen LogP contribution in [0, 0.1) is 11.3 Å². The molecule has 3 aromatic carbocycles. The molecule has 3 rings (SSSR count). The summed E-state index contributed by atoms with van der Waals surface area (Å²) in [5, 5.41) is 11.4. The molecule has 0 unspecified atom stereocenters. The van der Waals surface area contributed by atoms with Crippen LogP contribution in [0.2, 0.25) is 15.1 Å². The first kappa shape index (κ1) is 19.3. The van der Waals surface area contributed by atoms with Gasteiger partial charge < -0.3 is 4.74 Å². The molecule has 0 atom stereocenters. The van der Waals surface area contributed by atoms with E-state index in [0.717, 1.165) is 16.7 Å². The molecule has 0 aliphatic rings. The standard InChI is InChI=1S/C22H14Cl3NO/c23-19-6-4-16(5-7-19)18(13-26)11-17-12-21(25)8-9-22(17)27-14-15-2-1-3-20(24)10-15/h1-12H,14H2/b18-11-. The van der Waals surface area contributed by atoms with Crippen LogP contribution in [-0.4, -0.2) is 0 Å². The normalized spacial score (nSPS) is 11.1. The zero-order chi connectivity index (χ0) is 19.2. The van der Waals surface area contributed by atoms with Crippen molar-refractivity contribution in [3.8, 4) is 11.8 Å². The van der Waals surface area contributed by atoms with Gasteiger partial charge in [-0.05, 0) is 59.7 Å². The van der Waals surface area contributed by atoms with E-state index in [0.29, 0.717) is 33.0 Å². The Morgan fingerprint density at radius 2 is 1.59 bits per heavy atom. The molecule has 5 heteroatoms. The van der Waals surface area contributed by atoms with Crippen molar-refractivity contribution in [2.45, 2.75) is 6.61 Å². The fourth-order valence-electron chi connectivity index (χ4n) is 2.52. The number of nitriles is 1. The molecular formula is C22H14Cl3NO. The highest BCUT2D eigenvalue weighted by Gasteiger charge is 2.07. The van der Waals surface area contributed by atoms with E-state index >= 15 is 0 Å². The molecule has 0 aliphatic heterocycles. The van der Waals surface area contributed by atoms with Gasteiger partial charge in [-0.3, -0.25) is 0 Å². The van der Waals surface area contributed by atoms with E-state index in [-0.39, 0.29) is 0 Å². The summed E-state index contributed by atoms with van der Waals surface area (Å²) in [6.07, 6.45) is 1.75. The summed E-state index contributed by atoms with van der Waals surface area (Å²) >= 11 is 18.1. The van der Waals surface area contributed by atoms with Gasteiger partial charge in [-0.15, -0.1) is 0 Å². The van der Waals surface area contributed by atoms with Crippen LogP contribution in [0.3, 0.4) is 0 Å². The average Bonchev–Trinajstić information content (AvgIpc) is 2.66. The number of allylic oxidation sites excluding steroid dienone is 1. The first-order valence-electron chi connectivity index (χ1n) is 8.10. The van der Waals surface area contributed by atoms with Gasteiger partial charge in [0.05, 0.1) is 11.6 Å². The second-order valence-electron chi connectivity index (χ2n) is 5.78. The van der Waals surface area contributed by atoms with Crippen molar-refractivity contribution in [1.82, 2.24) is 0 Å². The van der Waals surface area contributed by atoms with E-state index in [1.165, 1.54) is 0 Å². The third-order valence-corrected chi connectivity index (χ3v) is 4.55. The highest BCUT2D eigenvalue weighted by Crippen LogP contribution is 2.29. The number of benzene rings is 3. The molecule has 0 N–H and O–H groups in total. The van der Waals surface area contributed by atoms with E-state index in [9.17, 15) is 5.26 Å². The lowest BCUT2D eigenvalue weighted by molar-refractivity contribution is 0.305. The molecule has 2 nitrogen and oxygen atoms in total. The van der Waals surface area contributed by atoms with E-state index in [1.54, 1.807) is 48.5 Å². The fraction of sp³-hybridized carbons (Fsp3) is 0.0455. The number of halogens is 3. The van der Waals surface area contributed by atoms with Crippen LogP contribution in [0.15, 0.2) is 66.7 Å². The van der Waals surface area contributed by atoms with Gasteiger partial charge in [0.25, 0.3) is 0 Å². The Kier molecular flexibility index (Phi) is 6.42. The first-order chi connectivity index (χ1) is 13.0. The minimum Gasteiger partial charge on any atom is -0.488 e. The topological polar surface area (TPSA) is 33.0 Å². The highest BCUT2D eigenvalue weighted by molar-refractivity contribution is 6.31. The van der Waals surface area contributed by atoms with Crippen LogP contribution in [0.5, 0.6) is 5.75 Å². The Hall–Kier alpha value is -2.44. The molecule has 0 aliphatic carbocycles. The lowest BCUT2D eigenvalue weighted by Gasteiger charge is -2.11. The van der Waals surface area contributed by atoms with Crippen molar-refractivity contribution in [3.63, 3.8) is 0 Å². The SMILES string of the molecule is N#C/C(=C/c1cc(Cl)ccc1OCc1cccc(Cl)c1)c1ccc(Cl)cc1. The molecule has 0 radical (unpaired) electrons. The maximum atomic E-state index is 9.57. The zero-order valence-corrected chi connectivity index (χ0v) is 16.4. The summed E-state index contributed by atoms with van der Waals surface area (Å²) in [5.41, 5.74) is 2.92. The van der Waals surface area contributed by atoms with Crippen LogP contribution >= 0.6 is 34.8 Å². The van der Waals surface area contributed by atoms with Crippen molar-refractivity contribution in [1.29, 1.82) is 5.26 Å².